The Morgan fingerprint density at radius 3 is 3.00 bits per heavy atom. The van der Waals surface area contributed by atoms with Crippen LogP contribution in [0.3, 0.4) is 0 Å². The Labute approximate surface area is 88.1 Å². The lowest BCUT2D eigenvalue weighted by Crippen LogP contribution is -2.42. The first-order valence-corrected chi connectivity index (χ1v) is 6.11. The predicted octanol–water partition coefficient (Wildman–Crippen LogP) is -0.610. The van der Waals surface area contributed by atoms with Crippen LogP contribution in [0.15, 0.2) is 0 Å². The molecular weight excluding hydrogens is 220 g/mol. The fourth-order valence-corrected chi connectivity index (χ4v) is 2.93. The van der Waals surface area contributed by atoms with Gasteiger partial charge in [-0.15, -0.1) is 0 Å². The summed E-state index contributed by atoms with van der Waals surface area (Å²) in [5.41, 5.74) is -0.910. The molecule has 0 amide bonds. The van der Waals surface area contributed by atoms with Gasteiger partial charge in [0.1, 0.15) is 25.5 Å². The molecule has 0 bridgehead atoms. The number of nitrogens with zero attached hydrogens (tertiary/aromatic N) is 1. The Morgan fingerprint density at radius 1 is 1.73 bits per heavy atom. The lowest BCUT2D eigenvalue weighted by atomic mass is 9.73. The molecule has 2 saturated heterocycles. The maximum atomic E-state index is 11.2. The fourth-order valence-electron chi connectivity index (χ4n) is 1.89. The van der Waals surface area contributed by atoms with Gasteiger partial charge < -0.3 is 9.63 Å². The third-order valence-corrected chi connectivity index (χ3v) is 4.01. The molecule has 0 aromatic rings. The Hall–Kier alpha value is -0.375. The summed E-state index contributed by atoms with van der Waals surface area (Å²) < 4.78 is 26.2. The van der Waals surface area contributed by atoms with Crippen molar-refractivity contribution in [3.05, 3.63) is 0 Å². The Balaban J connectivity index is 2.31. The molecule has 8 heteroatoms. The van der Waals surface area contributed by atoms with Crippen LogP contribution in [0.4, 0.5) is 0 Å². The molecule has 0 aliphatic carbocycles. The second-order valence-electron chi connectivity index (χ2n) is 4.00. The number of hydrogen-bond donors (Lipinski definition) is 1. The van der Waals surface area contributed by atoms with Crippen LogP contribution in [0.25, 0.3) is 0 Å². The van der Waals surface area contributed by atoms with Crippen molar-refractivity contribution in [2.75, 3.05) is 6.61 Å². The quantitative estimate of drug-likeness (QED) is 0.441. The highest BCUT2D eigenvalue weighted by atomic mass is 31.2. The van der Waals surface area contributed by atoms with Crippen LogP contribution < -0.4 is 0 Å². The van der Waals surface area contributed by atoms with E-state index in [4.69, 9.17) is 14.5 Å². The van der Waals surface area contributed by atoms with Gasteiger partial charge in [-0.2, -0.15) is 5.26 Å². The summed E-state index contributed by atoms with van der Waals surface area (Å²) in [7, 11) is -2.26. The number of nitriles is 1. The highest BCUT2D eigenvalue weighted by Gasteiger charge is 2.57. The van der Waals surface area contributed by atoms with Gasteiger partial charge in [-0.05, 0) is 6.92 Å². The maximum absolute atomic E-state index is 11.2. The molecule has 2 fully saturated rings. The van der Waals surface area contributed by atoms with Gasteiger partial charge >= 0.3 is 7.82 Å². The van der Waals surface area contributed by atoms with Gasteiger partial charge in [-0.3, -0.25) is 9.05 Å². The van der Waals surface area contributed by atoms with Crippen LogP contribution in [-0.2, 0) is 18.3 Å². The van der Waals surface area contributed by atoms with E-state index in [2.05, 4.69) is 10.6 Å². The van der Waals surface area contributed by atoms with Gasteiger partial charge in [0.25, 0.3) is 0 Å². The van der Waals surface area contributed by atoms with E-state index < -0.39 is 25.4 Å². The molecule has 2 unspecified atom stereocenters. The van der Waals surface area contributed by atoms with E-state index in [0.29, 0.717) is 0 Å². The van der Waals surface area contributed by atoms with Gasteiger partial charge in [0.15, 0.2) is 0 Å². The average Bonchev–Trinajstić information content (AvgIpc) is 2.40. The second-order valence-corrected chi connectivity index (χ2v) is 5.41. The average molecular weight is 231 g/mol. The van der Waals surface area contributed by atoms with Crippen molar-refractivity contribution in [2.45, 2.75) is 25.1 Å². The summed E-state index contributed by atoms with van der Waals surface area (Å²) in [6.07, 6.45) is -1.15. The van der Waals surface area contributed by atoms with Crippen LogP contribution in [-0.4, -0.2) is 37.6 Å². The molecule has 2 aliphatic rings. The zero-order valence-corrected chi connectivity index (χ0v) is 9.31. The molecule has 0 aromatic carbocycles. The minimum absolute atomic E-state index is 0.0138. The molecule has 0 aromatic heterocycles. The zero-order chi connectivity index (χ0) is 11.3. The maximum Gasteiger partial charge on any atom is 0.472 e. The SMILES string of the molecule is B[C@@H]1O[C@@H]2COP(=O)(O)OC2[C@@]1(C)C#N. The van der Waals surface area contributed by atoms with Gasteiger partial charge in [0.05, 0.1) is 12.7 Å². The van der Waals surface area contributed by atoms with Gasteiger partial charge in [0, 0.05) is 6.00 Å². The molecule has 1 N–H and O–H groups in total. The Kier molecular flexibility index (Phi) is 2.45. The second kappa shape index (κ2) is 3.31. The van der Waals surface area contributed by atoms with E-state index in [1.54, 1.807) is 14.8 Å². The minimum Gasteiger partial charge on any atom is -0.377 e. The van der Waals surface area contributed by atoms with Crippen LogP contribution in [0.5, 0.6) is 0 Å². The Bertz CT molecular complexity index is 371. The van der Waals surface area contributed by atoms with E-state index >= 15 is 0 Å². The van der Waals surface area contributed by atoms with E-state index in [0.717, 1.165) is 0 Å². The van der Waals surface area contributed by atoms with Crippen molar-refractivity contribution in [3.63, 3.8) is 0 Å². The summed E-state index contributed by atoms with van der Waals surface area (Å²) in [5, 5.41) is 9.08. The van der Waals surface area contributed by atoms with E-state index in [1.807, 2.05) is 0 Å². The molecule has 2 heterocycles. The van der Waals surface area contributed by atoms with Gasteiger partial charge in [-0.25, -0.2) is 4.57 Å². The highest BCUT2D eigenvalue weighted by Crippen LogP contribution is 2.55. The molecule has 2 aliphatic heterocycles. The predicted molar refractivity (Wildman–Crippen MR) is 51.6 cm³/mol. The summed E-state index contributed by atoms with van der Waals surface area (Å²) in [4.78, 5) is 9.18. The van der Waals surface area contributed by atoms with E-state index in [1.165, 1.54) is 0 Å². The van der Waals surface area contributed by atoms with Crippen molar-refractivity contribution in [1.29, 1.82) is 5.26 Å². The molecule has 0 spiro atoms. The van der Waals surface area contributed by atoms with Crippen molar-refractivity contribution in [3.8, 4) is 6.07 Å². The van der Waals surface area contributed by atoms with Crippen LogP contribution in [0.2, 0.25) is 0 Å². The summed E-state index contributed by atoms with van der Waals surface area (Å²) >= 11 is 0. The molecule has 2 rings (SSSR count). The number of hydrogen-bond acceptors (Lipinski definition) is 5. The first kappa shape index (κ1) is 11.1. The van der Waals surface area contributed by atoms with Crippen molar-refractivity contribution in [1.82, 2.24) is 0 Å². The summed E-state index contributed by atoms with van der Waals surface area (Å²) in [5.74, 6) is 0. The molecule has 15 heavy (non-hydrogen) atoms. The van der Waals surface area contributed by atoms with E-state index in [-0.39, 0.29) is 12.6 Å². The third kappa shape index (κ3) is 1.63. The van der Waals surface area contributed by atoms with Crippen LogP contribution in [0, 0.1) is 16.7 Å². The van der Waals surface area contributed by atoms with Gasteiger partial charge in [0.2, 0.25) is 0 Å². The third-order valence-electron chi connectivity index (χ3n) is 3.04. The highest BCUT2D eigenvalue weighted by molar-refractivity contribution is 7.47. The molecule has 6 nitrogen and oxygen atoms in total. The molecule has 0 radical (unpaired) electrons. The van der Waals surface area contributed by atoms with Crippen molar-refractivity contribution >= 4 is 15.7 Å². The molecule has 82 valence electrons. The van der Waals surface area contributed by atoms with E-state index in [9.17, 15) is 9.46 Å². The Morgan fingerprint density at radius 2 is 2.40 bits per heavy atom. The first-order valence-electron chi connectivity index (χ1n) is 4.61. The minimum atomic E-state index is -4.01. The van der Waals surface area contributed by atoms with Crippen molar-refractivity contribution in [2.24, 2.45) is 5.41 Å². The van der Waals surface area contributed by atoms with Gasteiger partial charge in [-0.1, -0.05) is 0 Å². The standard InChI is InChI=1S/C7H11BNO5P/c1-7(3-9)5-4(13-6(7)8)2-12-15(10,11)14-5/h4-6H,2,8H2,1H3,(H,10,11)/t4-,5?,6-,7-/m1/s1. The van der Waals surface area contributed by atoms with Crippen molar-refractivity contribution < 1.29 is 23.2 Å². The van der Waals surface area contributed by atoms with Crippen LogP contribution >= 0.6 is 7.82 Å². The molecular formula is C7H11BNO5P. The fraction of sp³-hybridized carbons (Fsp3) is 0.857. The topological polar surface area (TPSA) is 88.8 Å². The smallest absolute Gasteiger partial charge is 0.377 e. The number of phosphoric ester groups is 1. The largest absolute Gasteiger partial charge is 0.472 e. The normalized spacial score (nSPS) is 54.6. The lowest BCUT2D eigenvalue weighted by molar-refractivity contribution is -0.0458. The number of rotatable bonds is 0. The number of fused-ring (bicyclic) bond motifs is 1. The summed E-state index contributed by atoms with van der Waals surface area (Å²) in [6, 6.07) is 1.74. The molecule has 0 saturated carbocycles. The first-order chi connectivity index (χ1) is 6.89. The summed E-state index contributed by atoms with van der Waals surface area (Å²) in [6.45, 7) is 1.65. The zero-order valence-electron chi connectivity index (χ0n) is 8.41. The number of ether oxygens (including phenoxy) is 1. The lowest BCUT2D eigenvalue weighted by Gasteiger charge is -2.32. The molecule has 5 atom stereocenters. The monoisotopic (exact) mass is 231 g/mol. The van der Waals surface area contributed by atoms with Crippen LogP contribution in [0.1, 0.15) is 6.92 Å². The number of phosphoric acid groups is 1.